The van der Waals surface area contributed by atoms with Gasteiger partial charge in [0.05, 0.1) is 0 Å². The summed E-state index contributed by atoms with van der Waals surface area (Å²) in [6, 6.07) is 6.36. The summed E-state index contributed by atoms with van der Waals surface area (Å²) in [5, 5.41) is 0. The monoisotopic (exact) mass is 256 g/mol. The molecule has 0 amide bonds. The third-order valence-corrected chi connectivity index (χ3v) is 3.55. The molecule has 0 fully saturated rings. The van der Waals surface area contributed by atoms with Gasteiger partial charge in [0.1, 0.15) is 5.82 Å². The summed E-state index contributed by atoms with van der Waals surface area (Å²) < 4.78 is 13.0. The highest BCUT2D eigenvalue weighted by Crippen LogP contribution is 2.34. The minimum atomic E-state index is -0.254. The zero-order valence-corrected chi connectivity index (χ0v) is 10.9. The second-order valence-electron chi connectivity index (χ2n) is 4.90. The van der Waals surface area contributed by atoms with Crippen LogP contribution in [0.4, 0.5) is 4.39 Å². The molecule has 1 unspecified atom stereocenters. The Kier molecular flexibility index (Phi) is 4.52. The zero-order chi connectivity index (χ0) is 13.7. The Balaban J connectivity index is 2.19. The minimum Gasteiger partial charge on any atom is -0.295 e. The van der Waals surface area contributed by atoms with Crippen LogP contribution in [0.1, 0.15) is 37.7 Å². The first-order chi connectivity index (χ1) is 9.20. The molecule has 0 aliphatic heterocycles. The predicted octanol–water partition coefficient (Wildman–Crippen LogP) is 3.99. The van der Waals surface area contributed by atoms with Crippen molar-refractivity contribution in [1.82, 2.24) is 0 Å². The SMILES string of the molecule is C#CCCCC1CCC(=O)C=C1c1ccc(F)cc1. The van der Waals surface area contributed by atoms with Crippen LogP contribution < -0.4 is 0 Å². The molecule has 0 saturated carbocycles. The average molecular weight is 256 g/mol. The molecule has 0 aromatic heterocycles. The number of carbonyl (C=O) groups is 1. The molecule has 1 aliphatic rings. The second kappa shape index (κ2) is 6.33. The summed E-state index contributed by atoms with van der Waals surface area (Å²) >= 11 is 0. The lowest BCUT2D eigenvalue weighted by atomic mass is 9.80. The molecular formula is C17H17FO. The van der Waals surface area contributed by atoms with Crippen molar-refractivity contribution >= 4 is 11.4 Å². The summed E-state index contributed by atoms with van der Waals surface area (Å²) in [6.07, 6.45) is 11.2. The van der Waals surface area contributed by atoms with Crippen LogP contribution in [0.5, 0.6) is 0 Å². The number of halogens is 1. The Hall–Kier alpha value is -1.88. The fourth-order valence-corrected chi connectivity index (χ4v) is 2.55. The van der Waals surface area contributed by atoms with Gasteiger partial charge in [-0.05, 0) is 54.5 Å². The first-order valence-electron chi connectivity index (χ1n) is 6.64. The van der Waals surface area contributed by atoms with Crippen molar-refractivity contribution in [3.63, 3.8) is 0 Å². The molecule has 1 aliphatic carbocycles. The molecule has 1 aromatic rings. The van der Waals surface area contributed by atoms with E-state index in [1.165, 1.54) is 12.1 Å². The summed E-state index contributed by atoms with van der Waals surface area (Å²) in [5.74, 6) is 2.91. The second-order valence-corrected chi connectivity index (χ2v) is 4.90. The number of allylic oxidation sites excluding steroid dienone is 2. The van der Waals surface area contributed by atoms with E-state index in [-0.39, 0.29) is 11.6 Å². The predicted molar refractivity (Wildman–Crippen MR) is 74.8 cm³/mol. The van der Waals surface area contributed by atoms with Gasteiger partial charge in [-0.2, -0.15) is 0 Å². The maximum Gasteiger partial charge on any atom is 0.156 e. The maximum atomic E-state index is 13.0. The molecule has 1 nitrogen and oxygen atoms in total. The highest BCUT2D eigenvalue weighted by atomic mass is 19.1. The minimum absolute atomic E-state index is 0.160. The standard InChI is InChI=1S/C17H17FO/c1-2-3-4-5-13-8-11-16(19)12-17(13)14-6-9-15(18)10-7-14/h1,6-7,9-10,12-13H,3-5,8,11H2. The lowest BCUT2D eigenvalue weighted by Gasteiger charge is -2.24. The molecule has 0 N–H and O–H groups in total. The van der Waals surface area contributed by atoms with Crippen LogP contribution in [0, 0.1) is 24.1 Å². The number of benzene rings is 1. The topological polar surface area (TPSA) is 17.1 Å². The number of hydrogen-bond acceptors (Lipinski definition) is 1. The van der Waals surface area contributed by atoms with Crippen molar-refractivity contribution in [2.75, 3.05) is 0 Å². The molecule has 98 valence electrons. The van der Waals surface area contributed by atoms with Gasteiger partial charge in [0, 0.05) is 12.8 Å². The zero-order valence-electron chi connectivity index (χ0n) is 10.9. The number of hydrogen-bond donors (Lipinski definition) is 0. The van der Waals surface area contributed by atoms with E-state index >= 15 is 0 Å². The molecule has 0 bridgehead atoms. The van der Waals surface area contributed by atoms with E-state index in [1.54, 1.807) is 18.2 Å². The average Bonchev–Trinajstić information content (AvgIpc) is 2.41. The van der Waals surface area contributed by atoms with E-state index in [0.717, 1.165) is 36.8 Å². The van der Waals surface area contributed by atoms with Crippen LogP contribution in [0.2, 0.25) is 0 Å². The van der Waals surface area contributed by atoms with Gasteiger partial charge in [-0.1, -0.05) is 12.1 Å². The number of rotatable bonds is 4. The lowest BCUT2D eigenvalue weighted by molar-refractivity contribution is -0.115. The molecule has 19 heavy (non-hydrogen) atoms. The van der Waals surface area contributed by atoms with Crippen molar-refractivity contribution in [3.8, 4) is 12.3 Å². The number of unbranched alkanes of at least 4 members (excludes halogenated alkanes) is 1. The molecule has 0 radical (unpaired) electrons. The van der Waals surface area contributed by atoms with Crippen LogP contribution >= 0.6 is 0 Å². The Bertz CT molecular complexity index is 519. The smallest absolute Gasteiger partial charge is 0.156 e. The molecule has 1 aromatic carbocycles. The van der Waals surface area contributed by atoms with Gasteiger partial charge in [-0.25, -0.2) is 4.39 Å². The number of terminal acetylenes is 1. The molecular weight excluding hydrogens is 239 g/mol. The van der Waals surface area contributed by atoms with Gasteiger partial charge in [0.2, 0.25) is 0 Å². The highest BCUT2D eigenvalue weighted by Gasteiger charge is 2.22. The van der Waals surface area contributed by atoms with Crippen molar-refractivity contribution in [3.05, 3.63) is 41.7 Å². The molecule has 2 heteroatoms. The van der Waals surface area contributed by atoms with Crippen molar-refractivity contribution in [2.45, 2.75) is 32.1 Å². The Morgan fingerprint density at radius 3 is 2.74 bits per heavy atom. The number of ketones is 1. The summed E-state index contributed by atoms with van der Waals surface area (Å²) in [6.45, 7) is 0. The van der Waals surface area contributed by atoms with E-state index in [1.807, 2.05) is 0 Å². The normalized spacial score (nSPS) is 18.8. The van der Waals surface area contributed by atoms with Gasteiger partial charge in [0.15, 0.2) is 5.78 Å². The Labute approximate surface area is 113 Å². The van der Waals surface area contributed by atoms with Crippen LogP contribution in [-0.4, -0.2) is 5.78 Å². The maximum absolute atomic E-state index is 13.0. The van der Waals surface area contributed by atoms with Crippen molar-refractivity contribution in [2.24, 2.45) is 5.92 Å². The van der Waals surface area contributed by atoms with Gasteiger partial charge in [-0.3, -0.25) is 4.79 Å². The first kappa shape index (κ1) is 13.5. The van der Waals surface area contributed by atoms with Gasteiger partial charge < -0.3 is 0 Å². The molecule has 2 rings (SSSR count). The highest BCUT2D eigenvalue weighted by molar-refractivity contribution is 5.98. The van der Waals surface area contributed by atoms with Crippen molar-refractivity contribution < 1.29 is 9.18 Å². The summed E-state index contributed by atoms with van der Waals surface area (Å²) in [4.78, 5) is 11.6. The Morgan fingerprint density at radius 2 is 2.05 bits per heavy atom. The van der Waals surface area contributed by atoms with Crippen LogP contribution in [0.15, 0.2) is 30.3 Å². The van der Waals surface area contributed by atoms with Gasteiger partial charge >= 0.3 is 0 Å². The van der Waals surface area contributed by atoms with Crippen LogP contribution in [0.3, 0.4) is 0 Å². The van der Waals surface area contributed by atoms with E-state index in [2.05, 4.69) is 5.92 Å². The third-order valence-electron chi connectivity index (χ3n) is 3.55. The molecule has 0 spiro atoms. The van der Waals surface area contributed by atoms with Crippen LogP contribution in [0.25, 0.3) is 5.57 Å². The summed E-state index contributed by atoms with van der Waals surface area (Å²) in [7, 11) is 0. The largest absolute Gasteiger partial charge is 0.295 e. The van der Waals surface area contributed by atoms with Gasteiger partial charge in [0.25, 0.3) is 0 Å². The van der Waals surface area contributed by atoms with E-state index in [0.29, 0.717) is 12.3 Å². The Morgan fingerprint density at radius 1 is 1.32 bits per heavy atom. The summed E-state index contributed by atoms with van der Waals surface area (Å²) in [5.41, 5.74) is 1.98. The van der Waals surface area contributed by atoms with E-state index in [4.69, 9.17) is 6.42 Å². The van der Waals surface area contributed by atoms with E-state index < -0.39 is 0 Å². The molecule has 1 atom stereocenters. The quantitative estimate of drug-likeness (QED) is 0.588. The fraction of sp³-hybridized carbons (Fsp3) is 0.353. The lowest BCUT2D eigenvalue weighted by Crippen LogP contribution is -2.13. The fourth-order valence-electron chi connectivity index (χ4n) is 2.55. The molecule has 0 saturated heterocycles. The van der Waals surface area contributed by atoms with Crippen LogP contribution in [-0.2, 0) is 4.79 Å². The first-order valence-corrected chi connectivity index (χ1v) is 6.64. The molecule has 0 heterocycles. The number of carbonyl (C=O) groups excluding carboxylic acids is 1. The van der Waals surface area contributed by atoms with E-state index in [9.17, 15) is 9.18 Å². The van der Waals surface area contributed by atoms with Gasteiger partial charge in [-0.15, -0.1) is 12.3 Å². The van der Waals surface area contributed by atoms with Crippen molar-refractivity contribution in [1.29, 1.82) is 0 Å². The third kappa shape index (κ3) is 3.54.